The molecular formula is C22H27N5O2. The molecule has 0 spiro atoms. The van der Waals surface area contributed by atoms with E-state index < -0.39 is 0 Å². The first kappa shape index (κ1) is 20.3. The standard InChI is InChI=1S/C22H27N5O2/c1-5-27(6-2)18-10-7-16(8-11-18)24-21-13-14-23-22(26-21)25-17-9-12-19(28-3)20(15-17)29-4/h7-15H,5-6H2,1-4H3,(H2,23,24,25,26). The van der Waals surface area contributed by atoms with Gasteiger partial charge in [-0.15, -0.1) is 0 Å². The van der Waals surface area contributed by atoms with Crippen molar-refractivity contribution in [3.05, 3.63) is 54.7 Å². The third kappa shape index (κ3) is 5.07. The molecule has 1 heterocycles. The molecular weight excluding hydrogens is 366 g/mol. The SMILES string of the molecule is CCN(CC)c1ccc(Nc2ccnc(Nc3ccc(OC)c(OC)c3)n2)cc1. The zero-order chi connectivity index (χ0) is 20.6. The van der Waals surface area contributed by atoms with Crippen molar-refractivity contribution in [1.29, 1.82) is 0 Å². The molecule has 0 aliphatic heterocycles. The summed E-state index contributed by atoms with van der Waals surface area (Å²) < 4.78 is 10.6. The minimum atomic E-state index is 0.488. The highest BCUT2D eigenvalue weighted by molar-refractivity contribution is 5.63. The Labute approximate surface area is 171 Å². The largest absolute Gasteiger partial charge is 0.493 e. The topological polar surface area (TPSA) is 71.5 Å². The van der Waals surface area contributed by atoms with Gasteiger partial charge in [0.15, 0.2) is 11.5 Å². The van der Waals surface area contributed by atoms with Crippen LogP contribution in [0.2, 0.25) is 0 Å². The molecule has 2 aromatic carbocycles. The number of benzene rings is 2. The second kappa shape index (κ2) is 9.64. The lowest BCUT2D eigenvalue weighted by molar-refractivity contribution is 0.355. The van der Waals surface area contributed by atoms with Gasteiger partial charge in [0.1, 0.15) is 5.82 Å². The highest BCUT2D eigenvalue weighted by Gasteiger charge is 2.07. The van der Waals surface area contributed by atoms with Crippen LogP contribution in [0.1, 0.15) is 13.8 Å². The van der Waals surface area contributed by atoms with Crippen molar-refractivity contribution in [2.45, 2.75) is 13.8 Å². The maximum Gasteiger partial charge on any atom is 0.229 e. The third-order valence-corrected chi connectivity index (χ3v) is 4.56. The van der Waals surface area contributed by atoms with Gasteiger partial charge >= 0.3 is 0 Å². The van der Waals surface area contributed by atoms with Crippen molar-refractivity contribution in [3.8, 4) is 11.5 Å². The van der Waals surface area contributed by atoms with Gasteiger partial charge in [0.2, 0.25) is 5.95 Å². The van der Waals surface area contributed by atoms with E-state index in [1.54, 1.807) is 20.4 Å². The van der Waals surface area contributed by atoms with Crippen LogP contribution in [-0.2, 0) is 0 Å². The summed E-state index contributed by atoms with van der Waals surface area (Å²) in [5.74, 6) is 2.50. The Kier molecular flexibility index (Phi) is 6.73. The molecule has 152 valence electrons. The maximum atomic E-state index is 5.34. The van der Waals surface area contributed by atoms with Crippen LogP contribution in [0.5, 0.6) is 11.5 Å². The fourth-order valence-corrected chi connectivity index (χ4v) is 3.02. The van der Waals surface area contributed by atoms with Gasteiger partial charge in [-0.1, -0.05) is 0 Å². The predicted octanol–water partition coefficient (Wildman–Crippen LogP) is 4.83. The van der Waals surface area contributed by atoms with Crippen LogP contribution in [-0.4, -0.2) is 37.3 Å². The van der Waals surface area contributed by atoms with Crippen LogP contribution in [0, 0.1) is 0 Å². The molecule has 0 unspecified atom stereocenters. The molecule has 7 heteroatoms. The van der Waals surface area contributed by atoms with E-state index in [9.17, 15) is 0 Å². The van der Waals surface area contributed by atoms with Gasteiger partial charge in [0, 0.05) is 42.4 Å². The van der Waals surface area contributed by atoms with E-state index in [1.807, 2.05) is 24.3 Å². The number of hydrogen-bond donors (Lipinski definition) is 2. The van der Waals surface area contributed by atoms with E-state index in [2.05, 4.69) is 63.6 Å². The van der Waals surface area contributed by atoms with E-state index in [1.165, 1.54) is 5.69 Å². The van der Waals surface area contributed by atoms with Crippen LogP contribution < -0.4 is 25.0 Å². The van der Waals surface area contributed by atoms with Crippen LogP contribution in [0.4, 0.5) is 28.8 Å². The van der Waals surface area contributed by atoms with Crippen LogP contribution in [0.25, 0.3) is 0 Å². The summed E-state index contributed by atoms with van der Waals surface area (Å²) in [5, 5.41) is 6.51. The number of hydrogen-bond acceptors (Lipinski definition) is 7. The lowest BCUT2D eigenvalue weighted by Crippen LogP contribution is -2.21. The summed E-state index contributed by atoms with van der Waals surface area (Å²) in [6.45, 7) is 6.29. The minimum Gasteiger partial charge on any atom is -0.493 e. The first-order valence-corrected chi connectivity index (χ1v) is 9.61. The van der Waals surface area contributed by atoms with Crippen molar-refractivity contribution < 1.29 is 9.47 Å². The fourth-order valence-electron chi connectivity index (χ4n) is 3.02. The van der Waals surface area contributed by atoms with Crippen molar-refractivity contribution in [2.75, 3.05) is 42.8 Å². The smallest absolute Gasteiger partial charge is 0.229 e. The van der Waals surface area contributed by atoms with Crippen LogP contribution >= 0.6 is 0 Å². The summed E-state index contributed by atoms with van der Waals surface area (Å²) in [4.78, 5) is 11.1. The Balaban J connectivity index is 1.71. The quantitative estimate of drug-likeness (QED) is 0.540. The fraction of sp³-hybridized carbons (Fsp3) is 0.273. The molecule has 29 heavy (non-hydrogen) atoms. The summed E-state index contributed by atoms with van der Waals surface area (Å²) in [5.41, 5.74) is 2.99. The van der Waals surface area contributed by atoms with E-state index in [-0.39, 0.29) is 0 Å². The van der Waals surface area contributed by atoms with Gasteiger partial charge in [-0.05, 0) is 56.3 Å². The monoisotopic (exact) mass is 393 g/mol. The Bertz CT molecular complexity index is 927. The third-order valence-electron chi connectivity index (χ3n) is 4.56. The summed E-state index contributed by atoms with van der Waals surface area (Å²) in [6, 6.07) is 15.7. The Hall–Kier alpha value is -3.48. The summed E-state index contributed by atoms with van der Waals surface area (Å²) >= 11 is 0. The molecule has 3 rings (SSSR count). The average molecular weight is 393 g/mol. The average Bonchev–Trinajstić information content (AvgIpc) is 2.76. The van der Waals surface area contributed by atoms with Gasteiger partial charge in [0.05, 0.1) is 14.2 Å². The van der Waals surface area contributed by atoms with Crippen molar-refractivity contribution >= 4 is 28.8 Å². The molecule has 3 aromatic rings. The highest BCUT2D eigenvalue weighted by Crippen LogP contribution is 2.30. The number of anilines is 5. The second-order valence-electron chi connectivity index (χ2n) is 6.30. The van der Waals surface area contributed by atoms with Gasteiger partial charge in [-0.25, -0.2) is 4.98 Å². The van der Waals surface area contributed by atoms with Crippen LogP contribution in [0.3, 0.4) is 0 Å². The van der Waals surface area contributed by atoms with E-state index in [4.69, 9.17) is 9.47 Å². The number of ether oxygens (including phenoxy) is 2. The van der Waals surface area contributed by atoms with Gasteiger partial charge in [-0.2, -0.15) is 4.98 Å². The van der Waals surface area contributed by atoms with Crippen molar-refractivity contribution in [1.82, 2.24) is 9.97 Å². The lowest BCUT2D eigenvalue weighted by atomic mass is 10.2. The van der Waals surface area contributed by atoms with Gasteiger partial charge < -0.3 is 25.0 Å². The molecule has 0 amide bonds. The Morgan fingerprint density at radius 3 is 2.17 bits per heavy atom. The van der Waals surface area contributed by atoms with Gasteiger partial charge in [0.25, 0.3) is 0 Å². The number of methoxy groups -OCH3 is 2. The second-order valence-corrected chi connectivity index (χ2v) is 6.30. The molecule has 0 saturated heterocycles. The molecule has 1 aromatic heterocycles. The zero-order valence-corrected chi connectivity index (χ0v) is 17.3. The lowest BCUT2D eigenvalue weighted by Gasteiger charge is -2.21. The zero-order valence-electron chi connectivity index (χ0n) is 17.3. The van der Waals surface area contributed by atoms with Crippen molar-refractivity contribution in [2.24, 2.45) is 0 Å². The van der Waals surface area contributed by atoms with Crippen LogP contribution in [0.15, 0.2) is 54.7 Å². The first-order valence-electron chi connectivity index (χ1n) is 9.61. The Morgan fingerprint density at radius 2 is 1.52 bits per heavy atom. The van der Waals surface area contributed by atoms with E-state index in [0.29, 0.717) is 23.3 Å². The van der Waals surface area contributed by atoms with E-state index >= 15 is 0 Å². The molecule has 0 saturated carbocycles. The van der Waals surface area contributed by atoms with E-state index in [0.717, 1.165) is 24.5 Å². The Morgan fingerprint density at radius 1 is 0.828 bits per heavy atom. The highest BCUT2D eigenvalue weighted by atomic mass is 16.5. The number of aromatic nitrogens is 2. The van der Waals surface area contributed by atoms with Crippen molar-refractivity contribution in [3.63, 3.8) is 0 Å². The normalized spacial score (nSPS) is 10.3. The predicted molar refractivity (Wildman–Crippen MR) is 118 cm³/mol. The van der Waals surface area contributed by atoms with Gasteiger partial charge in [-0.3, -0.25) is 0 Å². The first-order chi connectivity index (χ1) is 14.2. The molecule has 0 fully saturated rings. The number of nitrogens with one attached hydrogen (secondary N) is 2. The molecule has 7 nitrogen and oxygen atoms in total. The minimum absolute atomic E-state index is 0.488. The molecule has 2 N–H and O–H groups in total. The molecule has 0 atom stereocenters. The summed E-state index contributed by atoms with van der Waals surface area (Å²) in [6.07, 6.45) is 1.71. The molecule has 0 bridgehead atoms. The number of nitrogens with zero attached hydrogens (tertiary/aromatic N) is 3. The molecule has 0 aliphatic carbocycles. The number of rotatable bonds is 9. The summed E-state index contributed by atoms with van der Waals surface area (Å²) in [7, 11) is 3.21. The maximum absolute atomic E-state index is 5.34. The molecule has 0 radical (unpaired) electrons. The molecule has 0 aliphatic rings.